The SMILES string of the molecule is COc1ccccc1[C@@H]1CC(c2cc(Cl)ccc2O)=NN1. The van der Waals surface area contributed by atoms with Gasteiger partial charge in [-0.2, -0.15) is 5.10 Å². The summed E-state index contributed by atoms with van der Waals surface area (Å²) in [6.45, 7) is 0. The largest absolute Gasteiger partial charge is 0.507 e. The second kappa shape index (κ2) is 5.66. The number of methoxy groups -OCH3 is 1. The molecule has 108 valence electrons. The number of para-hydroxylation sites is 1. The monoisotopic (exact) mass is 302 g/mol. The summed E-state index contributed by atoms with van der Waals surface area (Å²) in [5, 5.41) is 14.9. The molecule has 0 unspecified atom stereocenters. The van der Waals surface area contributed by atoms with E-state index in [1.54, 1.807) is 25.3 Å². The number of phenolic OH excluding ortho intramolecular Hbond substituents is 1. The highest BCUT2D eigenvalue weighted by Crippen LogP contribution is 2.33. The summed E-state index contributed by atoms with van der Waals surface area (Å²) in [6, 6.07) is 12.8. The predicted octanol–water partition coefficient (Wildman–Crippen LogP) is 3.49. The van der Waals surface area contributed by atoms with E-state index in [-0.39, 0.29) is 11.8 Å². The van der Waals surface area contributed by atoms with Crippen molar-refractivity contribution in [3.8, 4) is 11.5 Å². The van der Waals surface area contributed by atoms with Crippen LogP contribution in [0.25, 0.3) is 0 Å². The van der Waals surface area contributed by atoms with Crippen LogP contribution in [0.5, 0.6) is 11.5 Å². The lowest BCUT2D eigenvalue weighted by atomic mass is 9.98. The molecule has 2 aromatic rings. The summed E-state index contributed by atoms with van der Waals surface area (Å²) < 4.78 is 5.38. The Labute approximate surface area is 128 Å². The molecule has 0 aromatic heterocycles. The van der Waals surface area contributed by atoms with Crippen molar-refractivity contribution in [2.45, 2.75) is 12.5 Å². The van der Waals surface area contributed by atoms with Gasteiger partial charge in [0, 0.05) is 22.6 Å². The number of phenols is 1. The fraction of sp³-hybridized carbons (Fsp3) is 0.188. The van der Waals surface area contributed by atoms with Crippen LogP contribution in [0.4, 0.5) is 0 Å². The molecule has 1 aliphatic rings. The molecule has 0 saturated heterocycles. The molecule has 0 saturated carbocycles. The van der Waals surface area contributed by atoms with Crippen molar-refractivity contribution in [2.75, 3.05) is 7.11 Å². The number of halogens is 1. The number of rotatable bonds is 3. The van der Waals surface area contributed by atoms with E-state index < -0.39 is 0 Å². The lowest BCUT2D eigenvalue weighted by Gasteiger charge is -2.14. The van der Waals surface area contributed by atoms with E-state index >= 15 is 0 Å². The minimum Gasteiger partial charge on any atom is -0.507 e. The van der Waals surface area contributed by atoms with Gasteiger partial charge in [-0.15, -0.1) is 0 Å². The molecular weight excluding hydrogens is 288 g/mol. The summed E-state index contributed by atoms with van der Waals surface area (Å²) in [5.41, 5.74) is 5.58. The van der Waals surface area contributed by atoms with Crippen LogP contribution in [0.15, 0.2) is 47.6 Å². The molecule has 21 heavy (non-hydrogen) atoms. The topological polar surface area (TPSA) is 53.9 Å². The maximum absolute atomic E-state index is 9.96. The quantitative estimate of drug-likeness (QED) is 0.912. The van der Waals surface area contributed by atoms with Crippen molar-refractivity contribution in [1.82, 2.24) is 5.43 Å². The van der Waals surface area contributed by atoms with Crippen LogP contribution >= 0.6 is 11.6 Å². The lowest BCUT2D eigenvalue weighted by molar-refractivity contribution is 0.402. The van der Waals surface area contributed by atoms with Gasteiger partial charge in [-0.25, -0.2) is 0 Å². The number of hydrazone groups is 1. The fourth-order valence-electron chi connectivity index (χ4n) is 2.48. The van der Waals surface area contributed by atoms with Gasteiger partial charge in [0.1, 0.15) is 11.5 Å². The van der Waals surface area contributed by atoms with Gasteiger partial charge in [-0.05, 0) is 24.3 Å². The van der Waals surface area contributed by atoms with Gasteiger partial charge in [0.25, 0.3) is 0 Å². The molecule has 0 aliphatic carbocycles. The molecule has 1 aliphatic heterocycles. The van der Waals surface area contributed by atoms with Gasteiger partial charge in [0.05, 0.1) is 18.9 Å². The van der Waals surface area contributed by atoms with Crippen LogP contribution < -0.4 is 10.2 Å². The van der Waals surface area contributed by atoms with Crippen molar-refractivity contribution >= 4 is 17.3 Å². The Hall–Kier alpha value is -2.20. The van der Waals surface area contributed by atoms with Gasteiger partial charge in [-0.3, -0.25) is 0 Å². The van der Waals surface area contributed by atoms with Crippen LogP contribution in [0.2, 0.25) is 5.02 Å². The Morgan fingerprint density at radius 2 is 2.10 bits per heavy atom. The summed E-state index contributed by atoms with van der Waals surface area (Å²) in [7, 11) is 1.65. The Morgan fingerprint density at radius 3 is 2.90 bits per heavy atom. The molecule has 0 amide bonds. The van der Waals surface area contributed by atoms with E-state index in [0.29, 0.717) is 17.0 Å². The van der Waals surface area contributed by atoms with E-state index in [4.69, 9.17) is 16.3 Å². The molecular formula is C16H15ClN2O2. The summed E-state index contributed by atoms with van der Waals surface area (Å²) in [4.78, 5) is 0. The van der Waals surface area contributed by atoms with Gasteiger partial charge in [0.15, 0.2) is 0 Å². The standard InChI is InChI=1S/C16H15ClN2O2/c1-21-16-5-3-2-4-11(16)13-9-14(19-18-13)12-8-10(17)6-7-15(12)20/h2-8,13,18,20H,9H2,1H3/t13-/m0/s1. The molecule has 1 atom stereocenters. The summed E-state index contributed by atoms with van der Waals surface area (Å²) >= 11 is 5.99. The Bertz CT molecular complexity index is 700. The van der Waals surface area contributed by atoms with E-state index in [9.17, 15) is 5.11 Å². The normalized spacial score (nSPS) is 17.2. The van der Waals surface area contributed by atoms with Crippen molar-refractivity contribution in [2.24, 2.45) is 5.10 Å². The van der Waals surface area contributed by atoms with Crippen LogP contribution in [0.3, 0.4) is 0 Å². The fourth-order valence-corrected chi connectivity index (χ4v) is 2.66. The lowest BCUT2D eigenvalue weighted by Crippen LogP contribution is -2.11. The number of aromatic hydroxyl groups is 1. The third kappa shape index (κ3) is 2.67. The molecule has 2 N–H and O–H groups in total. The third-order valence-electron chi connectivity index (χ3n) is 3.54. The number of benzene rings is 2. The number of nitrogens with one attached hydrogen (secondary N) is 1. The zero-order valence-electron chi connectivity index (χ0n) is 11.5. The van der Waals surface area contributed by atoms with E-state index in [2.05, 4.69) is 10.5 Å². The van der Waals surface area contributed by atoms with Gasteiger partial charge in [-0.1, -0.05) is 29.8 Å². The average molecular weight is 303 g/mol. The first-order valence-electron chi connectivity index (χ1n) is 6.63. The van der Waals surface area contributed by atoms with E-state index in [1.165, 1.54) is 0 Å². The minimum atomic E-state index is 0.0227. The Balaban J connectivity index is 1.86. The Kier molecular flexibility index (Phi) is 3.71. The first-order chi connectivity index (χ1) is 10.2. The van der Waals surface area contributed by atoms with Gasteiger partial charge >= 0.3 is 0 Å². The minimum absolute atomic E-state index is 0.0227. The van der Waals surface area contributed by atoms with Gasteiger partial charge in [0.2, 0.25) is 0 Å². The second-order valence-electron chi connectivity index (χ2n) is 4.85. The molecule has 0 bridgehead atoms. The number of ether oxygens (including phenoxy) is 1. The zero-order chi connectivity index (χ0) is 14.8. The van der Waals surface area contributed by atoms with Crippen molar-refractivity contribution in [3.05, 3.63) is 58.6 Å². The smallest absolute Gasteiger partial charge is 0.124 e. The van der Waals surface area contributed by atoms with Crippen molar-refractivity contribution in [1.29, 1.82) is 0 Å². The predicted molar refractivity (Wildman–Crippen MR) is 83.1 cm³/mol. The maximum Gasteiger partial charge on any atom is 0.124 e. The van der Waals surface area contributed by atoms with E-state index in [1.807, 2.05) is 24.3 Å². The molecule has 1 heterocycles. The highest BCUT2D eigenvalue weighted by molar-refractivity contribution is 6.31. The highest BCUT2D eigenvalue weighted by atomic mass is 35.5. The average Bonchev–Trinajstić information content (AvgIpc) is 2.99. The van der Waals surface area contributed by atoms with Crippen LogP contribution in [0.1, 0.15) is 23.6 Å². The number of hydrogen-bond acceptors (Lipinski definition) is 4. The third-order valence-corrected chi connectivity index (χ3v) is 3.77. The molecule has 5 heteroatoms. The Morgan fingerprint density at radius 1 is 1.29 bits per heavy atom. The first kappa shape index (κ1) is 13.8. The second-order valence-corrected chi connectivity index (χ2v) is 5.28. The van der Waals surface area contributed by atoms with Crippen molar-refractivity contribution < 1.29 is 9.84 Å². The van der Waals surface area contributed by atoms with Crippen LogP contribution in [-0.4, -0.2) is 17.9 Å². The number of nitrogens with zero attached hydrogens (tertiary/aromatic N) is 1. The van der Waals surface area contributed by atoms with Crippen LogP contribution in [0, 0.1) is 0 Å². The molecule has 2 aromatic carbocycles. The summed E-state index contributed by atoms with van der Waals surface area (Å²) in [6.07, 6.45) is 0.661. The molecule has 0 spiro atoms. The number of hydrogen-bond donors (Lipinski definition) is 2. The molecule has 3 rings (SSSR count). The summed E-state index contributed by atoms with van der Waals surface area (Å²) in [5.74, 6) is 1.00. The van der Waals surface area contributed by atoms with Crippen molar-refractivity contribution in [3.63, 3.8) is 0 Å². The molecule has 4 nitrogen and oxygen atoms in total. The van der Waals surface area contributed by atoms with E-state index in [0.717, 1.165) is 17.0 Å². The molecule has 0 fully saturated rings. The van der Waals surface area contributed by atoms with Crippen LogP contribution in [-0.2, 0) is 0 Å². The zero-order valence-corrected chi connectivity index (χ0v) is 12.3. The maximum atomic E-state index is 9.96. The first-order valence-corrected chi connectivity index (χ1v) is 7.00. The van der Waals surface area contributed by atoms with Gasteiger partial charge < -0.3 is 15.3 Å². The molecule has 0 radical (unpaired) electrons. The highest BCUT2D eigenvalue weighted by Gasteiger charge is 2.25.